The van der Waals surface area contributed by atoms with Crippen molar-refractivity contribution in [3.8, 4) is 0 Å². The summed E-state index contributed by atoms with van der Waals surface area (Å²) < 4.78 is 2.25. The fourth-order valence-corrected chi connectivity index (χ4v) is 2.43. The molecule has 0 fully saturated rings. The van der Waals surface area contributed by atoms with Crippen molar-refractivity contribution in [3.05, 3.63) is 29.3 Å². The maximum atomic E-state index is 3.44. The number of benzene rings is 1. The van der Waals surface area contributed by atoms with Gasteiger partial charge in [0, 0.05) is 24.7 Å². The average Bonchev–Trinajstić information content (AvgIpc) is 2.47. The number of hydrogen-bond donors (Lipinski definition) is 1. The topological polar surface area (TPSA) is 15.0 Å². The molecular formula is C11H13N2+. The molecule has 1 unspecified atom stereocenters. The zero-order valence-electron chi connectivity index (χ0n) is 7.75. The maximum Gasteiger partial charge on any atom is 0.209 e. The number of rotatable bonds is 0. The van der Waals surface area contributed by atoms with Crippen molar-refractivity contribution in [2.45, 2.75) is 12.5 Å². The third kappa shape index (κ3) is 0.893. The van der Waals surface area contributed by atoms with Gasteiger partial charge >= 0.3 is 0 Å². The zero-order chi connectivity index (χ0) is 8.84. The summed E-state index contributed by atoms with van der Waals surface area (Å²) in [5.74, 6) is 0.602. The molecular weight excluding hydrogens is 160 g/mol. The maximum absolute atomic E-state index is 3.44. The van der Waals surface area contributed by atoms with E-state index in [1.807, 2.05) is 0 Å². The Bertz CT molecular complexity index is 393. The first-order chi connectivity index (χ1) is 6.36. The lowest BCUT2D eigenvalue weighted by atomic mass is 9.92. The molecule has 3 rings (SSSR count). The largest absolute Gasteiger partial charge is 0.312 e. The Hall–Kier alpha value is -1.15. The lowest BCUT2D eigenvalue weighted by Gasteiger charge is -2.18. The van der Waals surface area contributed by atoms with Gasteiger partial charge in [-0.15, -0.1) is 0 Å². The quantitative estimate of drug-likeness (QED) is 0.583. The Morgan fingerprint density at radius 2 is 2.38 bits per heavy atom. The highest BCUT2D eigenvalue weighted by atomic mass is 15.0. The molecule has 0 saturated heterocycles. The standard InChI is InChI=1S/C11H13N2/c1-13-7-9-6-12-5-8-3-2-4-10(13)11(8)9/h2-4,7,9,12H,5-6H2,1H3/q+1. The van der Waals surface area contributed by atoms with Crippen LogP contribution in [-0.2, 0) is 6.54 Å². The first-order valence-corrected chi connectivity index (χ1v) is 4.76. The van der Waals surface area contributed by atoms with Crippen molar-refractivity contribution in [1.82, 2.24) is 5.32 Å². The van der Waals surface area contributed by atoms with E-state index in [1.54, 1.807) is 5.56 Å². The molecule has 66 valence electrons. The number of nitrogens with one attached hydrogen (secondary N) is 1. The minimum Gasteiger partial charge on any atom is -0.312 e. The minimum atomic E-state index is 0.602. The Morgan fingerprint density at radius 3 is 3.31 bits per heavy atom. The van der Waals surface area contributed by atoms with E-state index in [-0.39, 0.29) is 0 Å². The molecule has 0 bridgehead atoms. The Labute approximate surface area is 77.9 Å². The van der Waals surface area contributed by atoms with Crippen molar-refractivity contribution in [2.75, 3.05) is 13.6 Å². The molecule has 1 aromatic carbocycles. The lowest BCUT2D eigenvalue weighted by molar-refractivity contribution is -0.396. The van der Waals surface area contributed by atoms with E-state index < -0.39 is 0 Å². The van der Waals surface area contributed by atoms with Gasteiger partial charge in [-0.25, -0.2) is 4.58 Å². The highest BCUT2D eigenvalue weighted by Crippen LogP contribution is 2.35. The highest BCUT2D eigenvalue weighted by molar-refractivity contribution is 5.75. The second-order valence-electron chi connectivity index (χ2n) is 3.85. The van der Waals surface area contributed by atoms with Crippen LogP contribution in [0.1, 0.15) is 17.0 Å². The predicted molar refractivity (Wildman–Crippen MR) is 52.8 cm³/mol. The molecule has 1 N–H and O–H groups in total. The van der Waals surface area contributed by atoms with Gasteiger partial charge in [0.15, 0.2) is 6.21 Å². The summed E-state index contributed by atoms with van der Waals surface area (Å²) in [7, 11) is 2.13. The summed E-state index contributed by atoms with van der Waals surface area (Å²) in [4.78, 5) is 0. The molecule has 1 atom stereocenters. The molecule has 0 radical (unpaired) electrons. The molecule has 2 heteroatoms. The van der Waals surface area contributed by atoms with Gasteiger partial charge in [-0.2, -0.15) is 0 Å². The van der Waals surface area contributed by atoms with Crippen LogP contribution in [0.25, 0.3) is 0 Å². The van der Waals surface area contributed by atoms with Crippen LogP contribution in [0.4, 0.5) is 5.69 Å². The van der Waals surface area contributed by atoms with E-state index in [2.05, 4.69) is 41.4 Å². The van der Waals surface area contributed by atoms with Gasteiger partial charge in [-0.1, -0.05) is 12.1 Å². The molecule has 2 nitrogen and oxygen atoms in total. The summed E-state index contributed by atoms with van der Waals surface area (Å²) in [5.41, 5.74) is 4.40. The molecule has 1 aromatic rings. The Balaban J connectivity index is 2.28. The smallest absolute Gasteiger partial charge is 0.209 e. The first kappa shape index (κ1) is 7.27. The SMILES string of the molecule is C[N+]1=CC2CNCc3cccc1c32. The van der Waals surface area contributed by atoms with E-state index in [1.165, 1.54) is 11.3 Å². The van der Waals surface area contributed by atoms with E-state index in [0.717, 1.165) is 13.1 Å². The normalized spacial score (nSPS) is 24.1. The van der Waals surface area contributed by atoms with Crippen molar-refractivity contribution < 1.29 is 4.58 Å². The molecule has 0 saturated carbocycles. The molecule has 0 aromatic heterocycles. The van der Waals surface area contributed by atoms with Crippen LogP contribution in [-0.4, -0.2) is 24.4 Å². The Kier molecular flexibility index (Phi) is 1.35. The molecule has 0 spiro atoms. The van der Waals surface area contributed by atoms with Gasteiger partial charge < -0.3 is 5.32 Å². The van der Waals surface area contributed by atoms with E-state index in [0.29, 0.717) is 5.92 Å². The summed E-state index contributed by atoms with van der Waals surface area (Å²) in [5, 5.41) is 3.44. The predicted octanol–water partition coefficient (Wildman–Crippen LogP) is 1.23. The van der Waals surface area contributed by atoms with Crippen molar-refractivity contribution in [1.29, 1.82) is 0 Å². The van der Waals surface area contributed by atoms with E-state index in [9.17, 15) is 0 Å². The molecule has 0 amide bonds. The van der Waals surface area contributed by atoms with Crippen LogP contribution in [0.3, 0.4) is 0 Å². The fraction of sp³-hybridized carbons (Fsp3) is 0.364. The molecule has 2 aliphatic heterocycles. The van der Waals surface area contributed by atoms with E-state index >= 15 is 0 Å². The summed E-state index contributed by atoms with van der Waals surface area (Å²) in [6, 6.07) is 6.58. The Morgan fingerprint density at radius 1 is 1.46 bits per heavy atom. The monoisotopic (exact) mass is 173 g/mol. The van der Waals surface area contributed by atoms with Gasteiger partial charge in [0.25, 0.3) is 0 Å². The van der Waals surface area contributed by atoms with Crippen LogP contribution in [0.5, 0.6) is 0 Å². The summed E-state index contributed by atoms with van der Waals surface area (Å²) in [6.07, 6.45) is 2.31. The van der Waals surface area contributed by atoms with Gasteiger partial charge in [-0.3, -0.25) is 0 Å². The molecule has 13 heavy (non-hydrogen) atoms. The first-order valence-electron chi connectivity index (χ1n) is 4.76. The second-order valence-corrected chi connectivity index (χ2v) is 3.85. The average molecular weight is 173 g/mol. The van der Waals surface area contributed by atoms with Gasteiger partial charge in [0.1, 0.15) is 7.05 Å². The van der Waals surface area contributed by atoms with Crippen LogP contribution < -0.4 is 5.32 Å². The molecule has 0 aliphatic carbocycles. The van der Waals surface area contributed by atoms with E-state index in [4.69, 9.17) is 0 Å². The number of hydrogen-bond acceptors (Lipinski definition) is 1. The van der Waals surface area contributed by atoms with Crippen molar-refractivity contribution >= 4 is 11.9 Å². The van der Waals surface area contributed by atoms with Gasteiger partial charge in [0.2, 0.25) is 5.69 Å². The summed E-state index contributed by atoms with van der Waals surface area (Å²) >= 11 is 0. The fourth-order valence-electron chi connectivity index (χ4n) is 2.43. The van der Waals surface area contributed by atoms with Crippen LogP contribution in [0, 0.1) is 0 Å². The lowest BCUT2D eigenvalue weighted by Crippen LogP contribution is -2.27. The summed E-state index contributed by atoms with van der Waals surface area (Å²) in [6.45, 7) is 2.12. The van der Waals surface area contributed by atoms with Crippen molar-refractivity contribution in [2.24, 2.45) is 0 Å². The molecule has 2 aliphatic rings. The van der Waals surface area contributed by atoms with Crippen LogP contribution in [0.2, 0.25) is 0 Å². The third-order valence-corrected chi connectivity index (χ3v) is 3.01. The zero-order valence-corrected chi connectivity index (χ0v) is 7.75. The molecule has 2 heterocycles. The third-order valence-electron chi connectivity index (χ3n) is 3.01. The number of nitrogens with zero attached hydrogens (tertiary/aromatic N) is 1. The van der Waals surface area contributed by atoms with Crippen LogP contribution >= 0.6 is 0 Å². The van der Waals surface area contributed by atoms with Crippen molar-refractivity contribution in [3.63, 3.8) is 0 Å². The van der Waals surface area contributed by atoms with Gasteiger partial charge in [0.05, 0.1) is 5.92 Å². The minimum absolute atomic E-state index is 0.602. The van der Waals surface area contributed by atoms with Gasteiger partial charge in [-0.05, 0) is 5.56 Å². The highest BCUT2D eigenvalue weighted by Gasteiger charge is 2.32. The second kappa shape index (κ2) is 2.42. The van der Waals surface area contributed by atoms with Crippen LogP contribution in [0.15, 0.2) is 18.2 Å².